The number of anilines is 1. The second-order valence-electron chi connectivity index (χ2n) is 8.30. The lowest BCUT2D eigenvalue weighted by Crippen LogP contribution is -2.51. The summed E-state index contributed by atoms with van der Waals surface area (Å²) in [5, 5.41) is 3.48. The fourth-order valence-electron chi connectivity index (χ4n) is 3.54. The van der Waals surface area contributed by atoms with Crippen LogP contribution in [0.5, 0.6) is 0 Å². The van der Waals surface area contributed by atoms with Crippen molar-refractivity contribution in [3.8, 4) is 0 Å². The lowest BCUT2D eigenvalue weighted by atomic mass is 10.1. The predicted octanol–water partition coefficient (Wildman–Crippen LogP) is 4.32. The van der Waals surface area contributed by atoms with Gasteiger partial charge in [-0.1, -0.05) is 42.3 Å². The Kier molecular flexibility index (Phi) is 9.79. The van der Waals surface area contributed by atoms with Crippen LogP contribution in [-0.4, -0.2) is 50.5 Å². The van der Waals surface area contributed by atoms with Crippen molar-refractivity contribution in [3.63, 3.8) is 0 Å². The average Bonchev–Trinajstić information content (AvgIpc) is 2.73. The lowest BCUT2D eigenvalue weighted by molar-refractivity contribution is -0.139. The molecule has 2 aromatic rings. The third-order valence-electron chi connectivity index (χ3n) is 5.28. The van der Waals surface area contributed by atoms with Gasteiger partial charge in [-0.05, 0) is 62.6 Å². The predicted molar refractivity (Wildman–Crippen MR) is 138 cm³/mol. The van der Waals surface area contributed by atoms with E-state index >= 15 is 0 Å². The number of rotatable bonds is 10. The molecule has 1 N–H and O–H groups in total. The third kappa shape index (κ3) is 7.35. The normalized spacial score (nSPS) is 12.2. The Morgan fingerprint density at radius 3 is 2.12 bits per heavy atom. The van der Waals surface area contributed by atoms with Gasteiger partial charge in [-0.15, -0.1) is 0 Å². The summed E-state index contributed by atoms with van der Waals surface area (Å²) in [5.74, 6) is -0.907. The molecule has 0 bridgehead atoms. The topological polar surface area (TPSA) is 86.8 Å². The molecule has 186 valence electrons. The highest BCUT2D eigenvalue weighted by Crippen LogP contribution is 2.27. The van der Waals surface area contributed by atoms with Gasteiger partial charge in [0.1, 0.15) is 12.6 Å². The van der Waals surface area contributed by atoms with Gasteiger partial charge in [0.2, 0.25) is 21.8 Å². The molecule has 10 heteroatoms. The summed E-state index contributed by atoms with van der Waals surface area (Å²) in [7, 11) is -3.80. The van der Waals surface area contributed by atoms with Gasteiger partial charge in [-0.3, -0.25) is 13.9 Å². The molecule has 34 heavy (non-hydrogen) atoms. The number of aryl methyl sites for hydroxylation is 2. The van der Waals surface area contributed by atoms with Crippen LogP contribution in [0.1, 0.15) is 37.0 Å². The zero-order valence-corrected chi connectivity index (χ0v) is 22.4. The van der Waals surface area contributed by atoms with Crippen LogP contribution in [0.15, 0.2) is 36.4 Å². The summed E-state index contributed by atoms with van der Waals surface area (Å²) in [5.41, 5.74) is 2.59. The molecular formula is C24H31Cl2N3O4S. The Hall–Kier alpha value is -2.29. The second kappa shape index (κ2) is 11.9. The van der Waals surface area contributed by atoms with Crippen molar-refractivity contribution in [1.29, 1.82) is 0 Å². The first-order chi connectivity index (χ1) is 15.8. The first-order valence-corrected chi connectivity index (χ1v) is 13.5. The molecule has 2 rings (SSSR count). The summed E-state index contributed by atoms with van der Waals surface area (Å²) in [6.45, 7) is 7.14. The quantitative estimate of drug-likeness (QED) is 0.498. The largest absolute Gasteiger partial charge is 0.354 e. The van der Waals surface area contributed by atoms with E-state index in [0.717, 1.165) is 28.1 Å². The zero-order chi connectivity index (χ0) is 25.6. The summed E-state index contributed by atoms with van der Waals surface area (Å²) in [6.07, 6.45) is 1.78. The van der Waals surface area contributed by atoms with E-state index in [1.807, 2.05) is 26.8 Å². The van der Waals surface area contributed by atoms with Crippen molar-refractivity contribution in [3.05, 3.63) is 63.1 Å². The van der Waals surface area contributed by atoms with E-state index in [1.54, 1.807) is 37.3 Å². The van der Waals surface area contributed by atoms with Crippen LogP contribution in [0.3, 0.4) is 0 Å². The molecule has 2 amide bonds. The number of nitrogens with zero attached hydrogens (tertiary/aromatic N) is 2. The van der Waals surface area contributed by atoms with Crippen molar-refractivity contribution in [1.82, 2.24) is 10.2 Å². The molecule has 0 saturated carbocycles. The number of halogens is 2. The minimum absolute atomic E-state index is 0.0531. The summed E-state index contributed by atoms with van der Waals surface area (Å²) in [4.78, 5) is 27.6. The Morgan fingerprint density at radius 1 is 1.06 bits per heavy atom. The fourth-order valence-corrected chi connectivity index (χ4v) is 4.89. The van der Waals surface area contributed by atoms with Crippen molar-refractivity contribution in [2.45, 2.75) is 46.7 Å². The zero-order valence-electron chi connectivity index (χ0n) is 20.1. The molecule has 0 aromatic heterocycles. The molecule has 0 radical (unpaired) electrons. The van der Waals surface area contributed by atoms with Crippen LogP contribution in [0, 0.1) is 13.8 Å². The highest BCUT2D eigenvalue weighted by Gasteiger charge is 2.31. The number of amides is 2. The van der Waals surface area contributed by atoms with Gasteiger partial charge in [0.15, 0.2) is 0 Å². The average molecular weight is 529 g/mol. The van der Waals surface area contributed by atoms with E-state index in [-0.39, 0.29) is 12.5 Å². The van der Waals surface area contributed by atoms with E-state index in [0.29, 0.717) is 27.8 Å². The maximum absolute atomic E-state index is 13.5. The minimum atomic E-state index is -3.80. The number of hydrogen-bond donors (Lipinski definition) is 1. The van der Waals surface area contributed by atoms with Gasteiger partial charge in [0, 0.05) is 28.7 Å². The number of hydrogen-bond acceptors (Lipinski definition) is 4. The van der Waals surface area contributed by atoms with E-state index in [1.165, 1.54) is 4.90 Å². The molecule has 1 atom stereocenters. The van der Waals surface area contributed by atoms with Crippen LogP contribution >= 0.6 is 23.2 Å². The monoisotopic (exact) mass is 527 g/mol. The number of benzene rings is 2. The second-order valence-corrected chi connectivity index (χ2v) is 11.0. The van der Waals surface area contributed by atoms with E-state index in [4.69, 9.17) is 23.2 Å². The number of carbonyl (C=O) groups is 2. The molecular weight excluding hydrogens is 497 g/mol. The molecule has 0 aliphatic rings. The van der Waals surface area contributed by atoms with Gasteiger partial charge < -0.3 is 10.2 Å². The van der Waals surface area contributed by atoms with Gasteiger partial charge in [0.05, 0.1) is 11.9 Å². The van der Waals surface area contributed by atoms with Crippen LogP contribution in [0.4, 0.5) is 5.69 Å². The smallest absolute Gasteiger partial charge is 0.244 e. The third-order valence-corrected chi connectivity index (χ3v) is 7.13. The molecule has 0 spiro atoms. The van der Waals surface area contributed by atoms with Crippen LogP contribution in [0.25, 0.3) is 0 Å². The molecule has 0 unspecified atom stereocenters. The van der Waals surface area contributed by atoms with Gasteiger partial charge in [0.25, 0.3) is 0 Å². The lowest BCUT2D eigenvalue weighted by Gasteiger charge is -2.32. The van der Waals surface area contributed by atoms with Crippen molar-refractivity contribution in [2.75, 3.05) is 23.7 Å². The molecule has 0 saturated heterocycles. The van der Waals surface area contributed by atoms with Crippen LogP contribution in [0.2, 0.25) is 10.0 Å². The Labute approximate surface area is 212 Å². The number of nitrogens with one attached hydrogen (secondary N) is 1. The van der Waals surface area contributed by atoms with E-state index in [9.17, 15) is 18.0 Å². The first-order valence-electron chi connectivity index (χ1n) is 10.9. The standard InChI is InChI=1S/C24H31Cl2N3O4S/c1-6-10-27-24(31)18(4)28(14-20-21(25)8-7-9-22(20)26)23(30)15-29(34(5,32)33)19-12-16(2)11-17(3)13-19/h7-9,11-13,18H,6,10,14-15H2,1-5H3,(H,27,31)/t18-/m1/s1. The minimum Gasteiger partial charge on any atom is -0.354 e. The van der Waals surface area contributed by atoms with Gasteiger partial charge >= 0.3 is 0 Å². The Balaban J connectivity index is 2.46. The fraction of sp³-hybridized carbons (Fsp3) is 0.417. The SMILES string of the molecule is CCCNC(=O)[C@@H](C)N(Cc1c(Cl)cccc1Cl)C(=O)CN(c1cc(C)cc(C)c1)S(C)(=O)=O. The van der Waals surface area contributed by atoms with Gasteiger partial charge in [-0.25, -0.2) is 8.42 Å². The maximum Gasteiger partial charge on any atom is 0.244 e. The summed E-state index contributed by atoms with van der Waals surface area (Å²) in [6, 6.07) is 9.41. The highest BCUT2D eigenvalue weighted by atomic mass is 35.5. The van der Waals surface area contributed by atoms with Crippen LogP contribution < -0.4 is 9.62 Å². The molecule has 2 aromatic carbocycles. The highest BCUT2D eigenvalue weighted by molar-refractivity contribution is 7.92. The first kappa shape index (κ1) is 28.0. The Morgan fingerprint density at radius 2 is 1.62 bits per heavy atom. The van der Waals surface area contributed by atoms with Crippen molar-refractivity contribution in [2.24, 2.45) is 0 Å². The molecule has 0 aliphatic carbocycles. The van der Waals surface area contributed by atoms with Crippen molar-refractivity contribution >= 4 is 50.7 Å². The molecule has 0 aliphatic heterocycles. The van der Waals surface area contributed by atoms with E-state index in [2.05, 4.69) is 5.32 Å². The number of sulfonamides is 1. The number of carbonyl (C=O) groups excluding carboxylic acids is 2. The summed E-state index contributed by atoms with van der Waals surface area (Å²) >= 11 is 12.7. The Bertz CT molecular complexity index is 1110. The summed E-state index contributed by atoms with van der Waals surface area (Å²) < 4.78 is 26.4. The van der Waals surface area contributed by atoms with E-state index < -0.39 is 28.5 Å². The van der Waals surface area contributed by atoms with Crippen molar-refractivity contribution < 1.29 is 18.0 Å². The molecule has 0 fully saturated rings. The molecule has 7 nitrogen and oxygen atoms in total. The van der Waals surface area contributed by atoms with Crippen LogP contribution in [-0.2, 0) is 26.2 Å². The molecule has 0 heterocycles. The maximum atomic E-state index is 13.5. The van der Waals surface area contributed by atoms with Gasteiger partial charge in [-0.2, -0.15) is 0 Å².